The van der Waals surface area contributed by atoms with Crippen LogP contribution < -0.4 is 9.62 Å². The van der Waals surface area contributed by atoms with Crippen LogP contribution in [0.1, 0.15) is 44.4 Å². The summed E-state index contributed by atoms with van der Waals surface area (Å²) in [5, 5.41) is 3.33. The van der Waals surface area contributed by atoms with Gasteiger partial charge >= 0.3 is 0 Å². The van der Waals surface area contributed by atoms with Crippen molar-refractivity contribution in [2.75, 3.05) is 10.8 Å². The molecule has 0 radical (unpaired) electrons. The second-order valence-electron chi connectivity index (χ2n) is 10.7. The molecule has 0 saturated carbocycles. The smallest absolute Gasteiger partial charge is 0.264 e. The van der Waals surface area contributed by atoms with E-state index >= 15 is 0 Å². The third kappa shape index (κ3) is 7.83. The number of carbonyl (C=O) groups is 2. The summed E-state index contributed by atoms with van der Waals surface area (Å²) in [7, 11) is -4.15. The van der Waals surface area contributed by atoms with E-state index < -0.39 is 34.1 Å². The highest BCUT2D eigenvalue weighted by Crippen LogP contribution is 2.28. The summed E-state index contributed by atoms with van der Waals surface area (Å²) in [5.41, 5.74) is 2.41. The van der Waals surface area contributed by atoms with E-state index in [1.54, 1.807) is 38.1 Å². The maximum Gasteiger partial charge on any atom is 0.264 e. The van der Waals surface area contributed by atoms with Gasteiger partial charge in [-0.1, -0.05) is 59.6 Å². The molecule has 0 saturated heterocycles. The molecule has 7 nitrogen and oxygen atoms in total. The standard InChI is InChI=1S/C30H36ClN3O4S/c1-21-10-9-12-24(18-21)19-33(23(3)29(36)32-30(4,5)6)28(35)20-34(27-13-8-7-11-22(27)2)39(37,38)26-16-14-25(31)15-17-26/h7-18,23H,19-20H2,1-6H3,(H,32,36)/t23-/m0/s1. The van der Waals surface area contributed by atoms with Gasteiger partial charge in [-0.25, -0.2) is 8.42 Å². The van der Waals surface area contributed by atoms with Crippen LogP contribution in [0, 0.1) is 13.8 Å². The van der Waals surface area contributed by atoms with Crippen molar-refractivity contribution in [2.45, 2.75) is 64.6 Å². The number of nitrogens with one attached hydrogen (secondary N) is 1. The fraction of sp³-hybridized carbons (Fsp3) is 0.333. The van der Waals surface area contributed by atoms with E-state index in [9.17, 15) is 18.0 Å². The number of amides is 2. The fourth-order valence-electron chi connectivity index (χ4n) is 4.15. The molecule has 0 fully saturated rings. The summed E-state index contributed by atoms with van der Waals surface area (Å²) in [6.07, 6.45) is 0. The minimum Gasteiger partial charge on any atom is -0.350 e. The van der Waals surface area contributed by atoms with Crippen molar-refractivity contribution in [3.05, 3.63) is 94.5 Å². The Kier molecular flexibility index (Phi) is 9.46. The maximum absolute atomic E-state index is 14.0. The summed E-state index contributed by atoms with van der Waals surface area (Å²) < 4.78 is 28.9. The van der Waals surface area contributed by atoms with Gasteiger partial charge in [0, 0.05) is 17.1 Å². The number of sulfonamides is 1. The van der Waals surface area contributed by atoms with Crippen LogP contribution in [-0.2, 0) is 26.2 Å². The number of benzene rings is 3. The zero-order valence-electron chi connectivity index (χ0n) is 23.2. The molecule has 0 aliphatic rings. The molecule has 0 aliphatic carbocycles. The average molecular weight is 570 g/mol. The number of para-hydroxylation sites is 1. The van der Waals surface area contributed by atoms with E-state index in [1.807, 2.05) is 52.0 Å². The van der Waals surface area contributed by atoms with Gasteiger partial charge in [-0.15, -0.1) is 0 Å². The lowest BCUT2D eigenvalue weighted by Crippen LogP contribution is -2.54. The van der Waals surface area contributed by atoms with Crippen LogP contribution in [0.4, 0.5) is 5.69 Å². The van der Waals surface area contributed by atoms with Gasteiger partial charge in [0.15, 0.2) is 0 Å². The molecule has 0 aromatic heterocycles. The van der Waals surface area contributed by atoms with E-state index in [2.05, 4.69) is 5.32 Å². The van der Waals surface area contributed by atoms with Gasteiger partial charge in [-0.05, 0) is 83.0 Å². The zero-order valence-corrected chi connectivity index (χ0v) is 24.8. The summed E-state index contributed by atoms with van der Waals surface area (Å²) in [4.78, 5) is 28.6. The lowest BCUT2D eigenvalue weighted by molar-refractivity contribution is -0.140. The Labute approximate surface area is 236 Å². The van der Waals surface area contributed by atoms with Crippen LogP contribution in [0.15, 0.2) is 77.7 Å². The lowest BCUT2D eigenvalue weighted by Gasteiger charge is -2.34. The number of carbonyl (C=O) groups excluding carboxylic acids is 2. The van der Waals surface area contributed by atoms with E-state index in [-0.39, 0.29) is 17.3 Å². The Morgan fingerprint density at radius 3 is 2.18 bits per heavy atom. The molecule has 3 aromatic carbocycles. The number of anilines is 1. The van der Waals surface area contributed by atoms with Gasteiger partial charge in [-0.3, -0.25) is 13.9 Å². The Morgan fingerprint density at radius 1 is 0.949 bits per heavy atom. The van der Waals surface area contributed by atoms with Gasteiger partial charge in [0.1, 0.15) is 12.6 Å². The van der Waals surface area contributed by atoms with Crippen LogP contribution in [0.3, 0.4) is 0 Å². The summed E-state index contributed by atoms with van der Waals surface area (Å²) in [6, 6.07) is 19.6. The Balaban J connectivity index is 2.05. The van der Waals surface area contributed by atoms with E-state index in [0.29, 0.717) is 16.3 Å². The van der Waals surface area contributed by atoms with Gasteiger partial charge in [0.2, 0.25) is 11.8 Å². The molecule has 2 amide bonds. The summed E-state index contributed by atoms with van der Waals surface area (Å²) in [6.45, 7) is 10.6. The van der Waals surface area contributed by atoms with Crippen LogP contribution in [0.5, 0.6) is 0 Å². The molecule has 0 spiro atoms. The first-order valence-corrected chi connectivity index (χ1v) is 14.5. The first kappa shape index (κ1) is 30.2. The SMILES string of the molecule is Cc1cccc(CN(C(=O)CN(c2ccccc2C)S(=O)(=O)c2ccc(Cl)cc2)[C@@H](C)C(=O)NC(C)(C)C)c1. The van der Waals surface area contributed by atoms with Gasteiger partial charge in [0.05, 0.1) is 10.6 Å². The second kappa shape index (κ2) is 12.2. The number of rotatable bonds is 9. The molecule has 1 atom stereocenters. The summed E-state index contributed by atoms with van der Waals surface area (Å²) >= 11 is 6.00. The summed E-state index contributed by atoms with van der Waals surface area (Å²) in [5.74, 6) is -0.833. The third-order valence-electron chi connectivity index (χ3n) is 6.17. The number of nitrogens with zero attached hydrogens (tertiary/aromatic N) is 2. The number of hydrogen-bond acceptors (Lipinski definition) is 4. The molecule has 0 heterocycles. The van der Waals surface area contributed by atoms with Crippen LogP contribution in [-0.4, -0.2) is 43.3 Å². The van der Waals surface area contributed by atoms with Gasteiger partial charge < -0.3 is 10.2 Å². The van der Waals surface area contributed by atoms with Gasteiger partial charge in [0.25, 0.3) is 10.0 Å². The van der Waals surface area contributed by atoms with Crippen molar-refractivity contribution < 1.29 is 18.0 Å². The highest BCUT2D eigenvalue weighted by molar-refractivity contribution is 7.92. The predicted octanol–water partition coefficient (Wildman–Crippen LogP) is 5.48. The quantitative estimate of drug-likeness (QED) is 0.369. The monoisotopic (exact) mass is 569 g/mol. The zero-order chi connectivity index (χ0) is 29.0. The molecule has 0 unspecified atom stereocenters. The van der Waals surface area contributed by atoms with Crippen LogP contribution in [0.2, 0.25) is 5.02 Å². The Morgan fingerprint density at radius 2 is 1.59 bits per heavy atom. The van der Waals surface area contributed by atoms with Crippen LogP contribution in [0.25, 0.3) is 0 Å². The molecular formula is C30H36ClN3O4S. The number of aryl methyl sites for hydroxylation is 2. The average Bonchev–Trinajstić information content (AvgIpc) is 2.85. The first-order valence-electron chi connectivity index (χ1n) is 12.7. The maximum atomic E-state index is 14.0. The van der Waals surface area contributed by atoms with Crippen molar-refractivity contribution in [1.82, 2.24) is 10.2 Å². The topological polar surface area (TPSA) is 86.8 Å². The molecule has 208 valence electrons. The molecule has 39 heavy (non-hydrogen) atoms. The molecule has 9 heteroatoms. The third-order valence-corrected chi connectivity index (χ3v) is 8.19. The van der Waals surface area contributed by atoms with Crippen molar-refractivity contribution in [2.24, 2.45) is 0 Å². The second-order valence-corrected chi connectivity index (χ2v) is 13.0. The predicted molar refractivity (Wildman–Crippen MR) is 156 cm³/mol. The fourth-order valence-corrected chi connectivity index (χ4v) is 5.76. The molecule has 1 N–H and O–H groups in total. The molecular weight excluding hydrogens is 534 g/mol. The lowest BCUT2D eigenvalue weighted by atomic mass is 10.1. The van der Waals surface area contributed by atoms with Crippen molar-refractivity contribution >= 4 is 39.1 Å². The van der Waals surface area contributed by atoms with E-state index in [1.165, 1.54) is 29.2 Å². The van der Waals surface area contributed by atoms with Crippen molar-refractivity contribution in [3.8, 4) is 0 Å². The Bertz CT molecular complexity index is 1430. The molecule has 0 bridgehead atoms. The number of halogens is 1. The highest BCUT2D eigenvalue weighted by Gasteiger charge is 2.33. The highest BCUT2D eigenvalue weighted by atomic mass is 35.5. The van der Waals surface area contributed by atoms with Crippen molar-refractivity contribution in [1.29, 1.82) is 0 Å². The normalized spacial score (nSPS) is 12.5. The van der Waals surface area contributed by atoms with Crippen LogP contribution >= 0.6 is 11.6 Å². The minimum absolute atomic E-state index is 0.00621. The van der Waals surface area contributed by atoms with E-state index in [0.717, 1.165) is 15.4 Å². The number of hydrogen-bond donors (Lipinski definition) is 1. The van der Waals surface area contributed by atoms with Crippen molar-refractivity contribution in [3.63, 3.8) is 0 Å². The van der Waals surface area contributed by atoms with Gasteiger partial charge in [-0.2, -0.15) is 0 Å². The molecule has 3 aromatic rings. The molecule has 3 rings (SSSR count). The Hall–Kier alpha value is -3.36. The first-order chi connectivity index (χ1) is 18.2. The largest absolute Gasteiger partial charge is 0.350 e. The molecule has 0 aliphatic heterocycles. The minimum atomic E-state index is -4.15. The van der Waals surface area contributed by atoms with E-state index in [4.69, 9.17) is 11.6 Å².